The van der Waals surface area contributed by atoms with Gasteiger partial charge in [-0.15, -0.1) is 24.8 Å². The van der Waals surface area contributed by atoms with Crippen molar-refractivity contribution in [2.24, 2.45) is 17.6 Å². The molecule has 4 rings (SSSR count). The van der Waals surface area contributed by atoms with Crippen molar-refractivity contribution in [1.82, 2.24) is 9.88 Å². The number of pyridine rings is 1. The molecule has 1 aromatic carbocycles. The number of benzene rings is 1. The van der Waals surface area contributed by atoms with Crippen molar-refractivity contribution in [1.29, 1.82) is 0 Å². The maximum absolute atomic E-state index is 6.29. The highest BCUT2D eigenvalue weighted by Gasteiger charge is 2.39. The van der Waals surface area contributed by atoms with E-state index in [2.05, 4.69) is 23.1 Å². The summed E-state index contributed by atoms with van der Waals surface area (Å²) < 4.78 is 5.44. The van der Waals surface area contributed by atoms with Crippen molar-refractivity contribution >= 4 is 35.7 Å². The van der Waals surface area contributed by atoms with Gasteiger partial charge in [0.05, 0.1) is 12.8 Å². The van der Waals surface area contributed by atoms with Crippen molar-refractivity contribution in [2.75, 3.05) is 20.2 Å². The highest BCUT2D eigenvalue weighted by molar-refractivity contribution is 5.86. The summed E-state index contributed by atoms with van der Waals surface area (Å²) in [5.41, 5.74) is 8.37. The molecule has 0 amide bonds. The van der Waals surface area contributed by atoms with Crippen LogP contribution in [-0.2, 0) is 6.54 Å². The first-order valence-electron chi connectivity index (χ1n) is 8.15. The van der Waals surface area contributed by atoms with E-state index in [1.807, 2.05) is 12.1 Å². The van der Waals surface area contributed by atoms with Crippen LogP contribution in [0.15, 0.2) is 30.3 Å². The fraction of sp³-hybridized carbons (Fsp3) is 0.500. The first-order valence-corrected chi connectivity index (χ1v) is 8.15. The van der Waals surface area contributed by atoms with E-state index in [1.165, 1.54) is 12.8 Å². The number of halogens is 2. The molecule has 1 aliphatic carbocycles. The first kappa shape index (κ1) is 19.3. The van der Waals surface area contributed by atoms with Gasteiger partial charge < -0.3 is 10.5 Å². The Morgan fingerprint density at radius 2 is 1.83 bits per heavy atom. The summed E-state index contributed by atoms with van der Waals surface area (Å²) in [6.45, 7) is 3.14. The van der Waals surface area contributed by atoms with Gasteiger partial charge in [0.1, 0.15) is 11.3 Å². The average Bonchev–Trinajstić information content (AvgIpc) is 2.75. The standard InChI is InChI=1S/C18H23N3O.2ClH/c1-22-16-4-2-3-12-7-8-15(20-18(12)16)11-21-9-13-5-6-14(10-21)17(13)19;;/h2-4,7-8,13-14,17H,5-6,9-11,19H2,1H3;2*1H/t13-,14+,17?;;. The lowest BCUT2D eigenvalue weighted by Crippen LogP contribution is -2.48. The molecule has 1 saturated heterocycles. The third-order valence-electron chi connectivity index (χ3n) is 5.33. The molecule has 3 atom stereocenters. The Labute approximate surface area is 155 Å². The number of rotatable bonds is 3. The number of piperidine rings is 1. The topological polar surface area (TPSA) is 51.4 Å². The zero-order chi connectivity index (χ0) is 15.1. The Hall–Kier alpha value is -1.07. The molecule has 6 heteroatoms. The zero-order valence-corrected chi connectivity index (χ0v) is 15.5. The lowest BCUT2D eigenvalue weighted by atomic mass is 9.93. The van der Waals surface area contributed by atoms with Crippen molar-refractivity contribution in [2.45, 2.75) is 25.4 Å². The Balaban J connectivity index is 0.00000104. The predicted octanol–water partition coefficient (Wildman–Crippen LogP) is 3.26. The molecule has 2 aromatic rings. The fourth-order valence-corrected chi connectivity index (χ4v) is 4.13. The van der Waals surface area contributed by atoms with E-state index < -0.39 is 0 Å². The number of fused-ring (bicyclic) bond motifs is 3. The Kier molecular flexibility index (Phi) is 6.32. The number of hydrogen-bond acceptors (Lipinski definition) is 4. The van der Waals surface area contributed by atoms with Crippen LogP contribution in [0.3, 0.4) is 0 Å². The SMILES string of the molecule is COc1cccc2ccc(CN3C[C@H]4CC[C@@H](C3)C4N)nc12.Cl.Cl. The van der Waals surface area contributed by atoms with Gasteiger partial charge in [-0.25, -0.2) is 4.98 Å². The third kappa shape index (κ3) is 3.47. The molecule has 1 unspecified atom stereocenters. The lowest BCUT2D eigenvalue weighted by Gasteiger charge is -2.35. The lowest BCUT2D eigenvalue weighted by molar-refractivity contribution is 0.139. The van der Waals surface area contributed by atoms with Crippen LogP contribution in [0.1, 0.15) is 18.5 Å². The molecular formula is C18H25Cl2N3O. The van der Waals surface area contributed by atoms with Crippen LogP contribution in [-0.4, -0.2) is 36.1 Å². The number of para-hydroxylation sites is 1. The Morgan fingerprint density at radius 1 is 1.12 bits per heavy atom. The van der Waals surface area contributed by atoms with Crippen molar-refractivity contribution in [3.8, 4) is 5.75 Å². The van der Waals surface area contributed by atoms with E-state index in [4.69, 9.17) is 15.5 Å². The van der Waals surface area contributed by atoms with E-state index in [1.54, 1.807) is 7.11 Å². The monoisotopic (exact) mass is 369 g/mol. The maximum atomic E-state index is 6.29. The van der Waals surface area contributed by atoms with Crippen LogP contribution in [0.2, 0.25) is 0 Å². The van der Waals surface area contributed by atoms with Crippen LogP contribution >= 0.6 is 24.8 Å². The van der Waals surface area contributed by atoms with Gasteiger partial charge in [-0.3, -0.25) is 4.90 Å². The van der Waals surface area contributed by atoms with Gasteiger partial charge >= 0.3 is 0 Å². The van der Waals surface area contributed by atoms with Crippen LogP contribution in [0.25, 0.3) is 10.9 Å². The zero-order valence-electron chi connectivity index (χ0n) is 13.9. The molecule has 2 aliphatic rings. The van der Waals surface area contributed by atoms with Gasteiger partial charge in [-0.1, -0.05) is 18.2 Å². The van der Waals surface area contributed by atoms with Gasteiger partial charge in [0.2, 0.25) is 0 Å². The van der Waals surface area contributed by atoms with Gasteiger partial charge in [-0.2, -0.15) is 0 Å². The molecule has 2 N–H and O–H groups in total. The van der Waals surface area contributed by atoms with Crippen LogP contribution in [0.5, 0.6) is 5.75 Å². The number of methoxy groups -OCH3 is 1. The summed E-state index contributed by atoms with van der Waals surface area (Å²) >= 11 is 0. The molecule has 2 bridgehead atoms. The minimum absolute atomic E-state index is 0. The van der Waals surface area contributed by atoms with Crippen molar-refractivity contribution in [3.05, 3.63) is 36.0 Å². The molecular weight excluding hydrogens is 345 g/mol. The summed E-state index contributed by atoms with van der Waals surface area (Å²) in [7, 11) is 1.70. The Bertz CT molecular complexity index is 683. The molecule has 0 spiro atoms. The van der Waals surface area contributed by atoms with Gasteiger partial charge in [0, 0.05) is 31.1 Å². The number of nitrogens with two attached hydrogens (primary N) is 1. The maximum Gasteiger partial charge on any atom is 0.145 e. The molecule has 0 radical (unpaired) electrons. The van der Waals surface area contributed by atoms with Gasteiger partial charge in [0.15, 0.2) is 0 Å². The molecule has 1 aromatic heterocycles. The van der Waals surface area contributed by atoms with Crippen molar-refractivity contribution in [3.63, 3.8) is 0 Å². The summed E-state index contributed by atoms with van der Waals surface area (Å²) in [6.07, 6.45) is 2.59. The van der Waals surface area contributed by atoms with E-state index in [9.17, 15) is 0 Å². The molecule has 24 heavy (non-hydrogen) atoms. The van der Waals surface area contributed by atoms with Crippen LogP contribution in [0.4, 0.5) is 0 Å². The molecule has 132 valence electrons. The Morgan fingerprint density at radius 3 is 2.50 bits per heavy atom. The highest BCUT2D eigenvalue weighted by atomic mass is 35.5. The smallest absolute Gasteiger partial charge is 0.145 e. The quantitative estimate of drug-likeness (QED) is 0.901. The van der Waals surface area contributed by atoms with Gasteiger partial charge in [0.25, 0.3) is 0 Å². The highest BCUT2D eigenvalue weighted by Crippen LogP contribution is 2.36. The average molecular weight is 370 g/mol. The van der Waals surface area contributed by atoms with E-state index in [0.717, 1.165) is 42.0 Å². The van der Waals surface area contributed by atoms with E-state index >= 15 is 0 Å². The van der Waals surface area contributed by atoms with Crippen molar-refractivity contribution < 1.29 is 4.74 Å². The van der Waals surface area contributed by atoms with Gasteiger partial charge in [-0.05, 0) is 36.8 Å². The number of likely N-dealkylation sites (tertiary alicyclic amines) is 1. The summed E-state index contributed by atoms with van der Waals surface area (Å²) in [4.78, 5) is 7.35. The molecule has 2 fully saturated rings. The molecule has 1 aliphatic heterocycles. The molecule has 2 heterocycles. The minimum Gasteiger partial charge on any atom is -0.494 e. The van der Waals surface area contributed by atoms with Crippen LogP contribution in [0, 0.1) is 11.8 Å². The van der Waals surface area contributed by atoms with E-state index in [-0.39, 0.29) is 24.8 Å². The number of hydrogen-bond donors (Lipinski definition) is 1. The molecule has 4 nitrogen and oxygen atoms in total. The second-order valence-corrected chi connectivity index (χ2v) is 6.70. The first-order chi connectivity index (χ1) is 10.7. The molecule has 1 saturated carbocycles. The number of aromatic nitrogens is 1. The van der Waals surface area contributed by atoms with Crippen LogP contribution < -0.4 is 10.5 Å². The fourth-order valence-electron chi connectivity index (χ4n) is 4.13. The second-order valence-electron chi connectivity index (χ2n) is 6.70. The third-order valence-corrected chi connectivity index (χ3v) is 5.33. The summed E-state index contributed by atoms with van der Waals surface area (Å²) in [5, 5.41) is 1.13. The summed E-state index contributed by atoms with van der Waals surface area (Å²) in [5.74, 6) is 2.20. The predicted molar refractivity (Wildman–Crippen MR) is 102 cm³/mol. The number of ether oxygens (including phenoxy) is 1. The summed E-state index contributed by atoms with van der Waals surface area (Å²) in [6, 6.07) is 10.8. The number of nitrogens with zero attached hydrogens (tertiary/aromatic N) is 2. The van der Waals surface area contributed by atoms with E-state index in [0.29, 0.717) is 17.9 Å². The largest absolute Gasteiger partial charge is 0.494 e. The second kappa shape index (κ2) is 7.87. The normalized spacial score (nSPS) is 25.8. The minimum atomic E-state index is 0.